The lowest BCUT2D eigenvalue weighted by molar-refractivity contribution is -0.181. The minimum atomic E-state index is -0.435. The topological polar surface area (TPSA) is 63.7 Å². The SMILES string of the molecule is O=C(c1cncc2c1CCNC2)N1CCC2(CC1)OCCO2. The van der Waals surface area contributed by atoms with Crippen LogP contribution in [0.25, 0.3) is 0 Å². The summed E-state index contributed by atoms with van der Waals surface area (Å²) in [5, 5.41) is 3.32. The van der Waals surface area contributed by atoms with Gasteiger partial charge in [-0.15, -0.1) is 0 Å². The molecule has 6 heteroatoms. The van der Waals surface area contributed by atoms with Gasteiger partial charge in [-0.3, -0.25) is 9.78 Å². The van der Waals surface area contributed by atoms with Crippen molar-refractivity contribution in [2.24, 2.45) is 0 Å². The smallest absolute Gasteiger partial charge is 0.255 e. The van der Waals surface area contributed by atoms with Crippen LogP contribution in [0.4, 0.5) is 0 Å². The Kier molecular flexibility index (Phi) is 3.60. The third-order valence-electron chi connectivity index (χ3n) is 4.87. The minimum Gasteiger partial charge on any atom is -0.347 e. The molecule has 2 saturated heterocycles. The maximum atomic E-state index is 12.9. The number of amides is 1. The van der Waals surface area contributed by atoms with E-state index in [2.05, 4.69) is 10.3 Å². The van der Waals surface area contributed by atoms with Crippen LogP contribution in [0.5, 0.6) is 0 Å². The Morgan fingerprint density at radius 2 is 2.00 bits per heavy atom. The van der Waals surface area contributed by atoms with Crippen LogP contribution < -0.4 is 5.32 Å². The number of pyridine rings is 1. The molecule has 3 aliphatic rings. The van der Waals surface area contributed by atoms with E-state index in [1.165, 1.54) is 0 Å². The summed E-state index contributed by atoms with van der Waals surface area (Å²) in [5.41, 5.74) is 3.07. The van der Waals surface area contributed by atoms with E-state index >= 15 is 0 Å². The van der Waals surface area contributed by atoms with Crippen molar-refractivity contribution in [3.63, 3.8) is 0 Å². The fourth-order valence-corrected chi connectivity index (χ4v) is 3.61. The molecule has 1 N–H and O–H groups in total. The standard InChI is InChI=1S/C16H21N3O3/c20-15(14-11-18-10-12-9-17-4-1-13(12)14)19-5-2-16(3-6-19)21-7-8-22-16/h10-11,17H,1-9H2. The second-order valence-electron chi connectivity index (χ2n) is 6.15. The van der Waals surface area contributed by atoms with Crippen LogP contribution >= 0.6 is 0 Å². The highest BCUT2D eigenvalue weighted by Gasteiger charge is 2.41. The summed E-state index contributed by atoms with van der Waals surface area (Å²) in [6.45, 7) is 4.41. The summed E-state index contributed by atoms with van der Waals surface area (Å²) >= 11 is 0. The van der Waals surface area contributed by atoms with Crippen LogP contribution in [0.3, 0.4) is 0 Å². The second kappa shape index (κ2) is 5.61. The highest BCUT2D eigenvalue weighted by Crippen LogP contribution is 2.32. The van der Waals surface area contributed by atoms with Crippen LogP contribution in [0, 0.1) is 0 Å². The van der Waals surface area contributed by atoms with Crippen molar-refractivity contribution in [3.05, 3.63) is 29.1 Å². The summed E-state index contributed by atoms with van der Waals surface area (Å²) in [6.07, 6.45) is 5.98. The number of nitrogens with zero attached hydrogens (tertiary/aromatic N) is 2. The Morgan fingerprint density at radius 1 is 1.23 bits per heavy atom. The van der Waals surface area contributed by atoms with E-state index in [1.807, 2.05) is 11.1 Å². The van der Waals surface area contributed by atoms with Crippen molar-refractivity contribution >= 4 is 5.91 Å². The second-order valence-corrected chi connectivity index (χ2v) is 6.15. The van der Waals surface area contributed by atoms with Crippen molar-refractivity contribution in [1.29, 1.82) is 0 Å². The summed E-state index contributed by atoms with van der Waals surface area (Å²) < 4.78 is 11.4. The zero-order valence-electron chi connectivity index (χ0n) is 12.6. The summed E-state index contributed by atoms with van der Waals surface area (Å²) in [4.78, 5) is 19.0. The third kappa shape index (κ3) is 2.41. The van der Waals surface area contributed by atoms with Gasteiger partial charge in [0.25, 0.3) is 5.91 Å². The van der Waals surface area contributed by atoms with E-state index in [9.17, 15) is 4.79 Å². The average molecular weight is 303 g/mol. The zero-order valence-corrected chi connectivity index (χ0v) is 12.6. The number of ether oxygens (including phenoxy) is 2. The van der Waals surface area contributed by atoms with Crippen molar-refractivity contribution in [2.75, 3.05) is 32.8 Å². The molecule has 1 spiro atoms. The first-order valence-electron chi connectivity index (χ1n) is 8.01. The molecule has 0 saturated carbocycles. The first kappa shape index (κ1) is 14.1. The fraction of sp³-hybridized carbons (Fsp3) is 0.625. The van der Waals surface area contributed by atoms with Gasteiger partial charge >= 0.3 is 0 Å². The van der Waals surface area contributed by atoms with Gasteiger partial charge in [0.15, 0.2) is 5.79 Å². The van der Waals surface area contributed by atoms with Crippen molar-refractivity contribution in [1.82, 2.24) is 15.2 Å². The molecule has 0 atom stereocenters. The number of rotatable bonds is 1. The summed E-state index contributed by atoms with van der Waals surface area (Å²) in [7, 11) is 0. The van der Waals surface area contributed by atoms with E-state index in [0.717, 1.165) is 49.0 Å². The normalized spacial score (nSPS) is 23.5. The molecule has 0 aliphatic carbocycles. The Balaban J connectivity index is 1.51. The monoisotopic (exact) mass is 303 g/mol. The maximum Gasteiger partial charge on any atom is 0.255 e. The van der Waals surface area contributed by atoms with Crippen molar-refractivity contribution in [2.45, 2.75) is 31.6 Å². The molecule has 6 nitrogen and oxygen atoms in total. The van der Waals surface area contributed by atoms with Gasteiger partial charge in [0.1, 0.15) is 0 Å². The van der Waals surface area contributed by atoms with Crippen LogP contribution in [0.1, 0.15) is 34.3 Å². The number of hydrogen-bond donors (Lipinski definition) is 1. The molecule has 1 amide bonds. The molecule has 0 unspecified atom stereocenters. The number of nitrogens with one attached hydrogen (secondary N) is 1. The van der Waals surface area contributed by atoms with Crippen molar-refractivity contribution in [3.8, 4) is 0 Å². The predicted molar refractivity (Wildman–Crippen MR) is 79.4 cm³/mol. The summed E-state index contributed by atoms with van der Waals surface area (Å²) in [6, 6.07) is 0. The average Bonchev–Trinajstić information content (AvgIpc) is 3.02. The van der Waals surface area contributed by atoms with Gasteiger partial charge in [-0.05, 0) is 24.1 Å². The van der Waals surface area contributed by atoms with Gasteiger partial charge in [0.2, 0.25) is 0 Å². The third-order valence-corrected chi connectivity index (χ3v) is 4.87. The number of fused-ring (bicyclic) bond motifs is 1. The quantitative estimate of drug-likeness (QED) is 0.828. The van der Waals surface area contributed by atoms with Crippen LogP contribution in [-0.2, 0) is 22.4 Å². The van der Waals surface area contributed by atoms with E-state index < -0.39 is 5.79 Å². The van der Waals surface area contributed by atoms with Crippen LogP contribution in [0.2, 0.25) is 0 Å². The number of hydrogen-bond acceptors (Lipinski definition) is 5. The number of carbonyl (C=O) groups is 1. The molecule has 3 aliphatic heterocycles. The molecular formula is C16H21N3O3. The fourth-order valence-electron chi connectivity index (χ4n) is 3.61. The first-order chi connectivity index (χ1) is 10.8. The number of likely N-dealkylation sites (tertiary alicyclic amines) is 1. The van der Waals surface area contributed by atoms with Gasteiger partial charge in [0.05, 0.1) is 18.8 Å². The molecule has 118 valence electrons. The Bertz CT molecular complexity index is 574. The number of carbonyl (C=O) groups excluding carboxylic acids is 1. The molecule has 4 rings (SSSR count). The van der Waals surface area contributed by atoms with E-state index in [-0.39, 0.29) is 5.91 Å². The lowest BCUT2D eigenvalue weighted by Crippen LogP contribution is -2.47. The zero-order chi connectivity index (χ0) is 15.0. The van der Waals surface area contributed by atoms with Gasteiger partial charge in [0, 0.05) is 44.9 Å². The molecular weight excluding hydrogens is 282 g/mol. The van der Waals surface area contributed by atoms with Gasteiger partial charge in [-0.25, -0.2) is 0 Å². The van der Waals surface area contributed by atoms with Gasteiger partial charge in [-0.2, -0.15) is 0 Å². The molecule has 4 heterocycles. The van der Waals surface area contributed by atoms with Gasteiger partial charge in [-0.1, -0.05) is 0 Å². The highest BCUT2D eigenvalue weighted by atomic mass is 16.7. The molecule has 0 bridgehead atoms. The lowest BCUT2D eigenvalue weighted by Gasteiger charge is -2.37. The molecule has 22 heavy (non-hydrogen) atoms. The number of aromatic nitrogens is 1. The molecule has 1 aromatic rings. The van der Waals surface area contributed by atoms with Crippen LogP contribution in [0.15, 0.2) is 12.4 Å². The van der Waals surface area contributed by atoms with Crippen LogP contribution in [-0.4, -0.2) is 54.4 Å². The maximum absolute atomic E-state index is 12.9. The lowest BCUT2D eigenvalue weighted by atomic mass is 9.96. The Morgan fingerprint density at radius 3 is 2.77 bits per heavy atom. The molecule has 1 aromatic heterocycles. The van der Waals surface area contributed by atoms with E-state index in [1.54, 1.807) is 6.20 Å². The highest BCUT2D eigenvalue weighted by molar-refractivity contribution is 5.95. The van der Waals surface area contributed by atoms with Crippen molar-refractivity contribution < 1.29 is 14.3 Å². The minimum absolute atomic E-state index is 0.0964. The predicted octanol–water partition coefficient (Wildman–Crippen LogP) is 0.706. The van der Waals surface area contributed by atoms with E-state index in [4.69, 9.17) is 9.47 Å². The Labute approximate surface area is 129 Å². The molecule has 2 fully saturated rings. The van der Waals surface area contributed by atoms with Gasteiger partial charge < -0.3 is 19.7 Å². The first-order valence-corrected chi connectivity index (χ1v) is 8.01. The Hall–Kier alpha value is -1.50. The number of piperidine rings is 1. The van der Waals surface area contributed by atoms with E-state index in [0.29, 0.717) is 26.3 Å². The summed E-state index contributed by atoms with van der Waals surface area (Å²) in [5.74, 6) is -0.339. The largest absolute Gasteiger partial charge is 0.347 e. The molecule has 0 radical (unpaired) electrons. The molecule has 0 aromatic carbocycles.